The number of carbonyl (C=O) groups excluding carboxylic acids is 2. The van der Waals surface area contributed by atoms with Gasteiger partial charge >= 0.3 is 0 Å². The van der Waals surface area contributed by atoms with Crippen LogP contribution in [0.25, 0.3) is 0 Å². The third kappa shape index (κ3) is 3.54. The van der Waals surface area contributed by atoms with Gasteiger partial charge in [0.05, 0.1) is 9.79 Å². The van der Waals surface area contributed by atoms with Crippen molar-refractivity contribution >= 4 is 27.2 Å². The highest BCUT2D eigenvalue weighted by Crippen LogP contribution is 2.36. The van der Waals surface area contributed by atoms with Gasteiger partial charge in [0, 0.05) is 22.4 Å². The standard InChI is InChI=1S/C26H25NO4S/c1-15(2)18-9-7-10-19(16(3)4)24(18)27-26(29)17-12-13-21-23(14-17)32(30,31)22-11-6-5-8-20(22)25(21)28/h5-16H,1-4H3,(H,27,29). The van der Waals surface area contributed by atoms with Crippen molar-refractivity contribution in [3.8, 4) is 0 Å². The van der Waals surface area contributed by atoms with Crippen molar-refractivity contribution in [2.45, 2.75) is 49.3 Å². The summed E-state index contributed by atoms with van der Waals surface area (Å²) in [6.45, 7) is 8.24. The first kappa shape index (κ1) is 22.0. The maximum atomic E-state index is 13.2. The lowest BCUT2D eigenvalue weighted by molar-refractivity contribution is 0.101. The summed E-state index contributed by atoms with van der Waals surface area (Å²) < 4.78 is 26.4. The molecule has 0 spiro atoms. The molecule has 1 heterocycles. The Labute approximate surface area is 188 Å². The van der Waals surface area contributed by atoms with E-state index in [0.717, 1.165) is 16.8 Å². The number of nitrogens with one attached hydrogen (secondary N) is 1. The number of benzene rings is 3. The Hall–Kier alpha value is -3.25. The number of hydrogen-bond acceptors (Lipinski definition) is 4. The fourth-order valence-corrected chi connectivity index (χ4v) is 5.78. The Bertz CT molecular complexity index is 1330. The van der Waals surface area contributed by atoms with Crippen LogP contribution in [0.15, 0.2) is 70.5 Å². The summed E-state index contributed by atoms with van der Waals surface area (Å²) in [4.78, 5) is 25.9. The summed E-state index contributed by atoms with van der Waals surface area (Å²) in [7, 11) is -3.91. The molecule has 0 fully saturated rings. The van der Waals surface area contributed by atoms with Gasteiger partial charge in [0.2, 0.25) is 9.84 Å². The molecule has 3 aromatic rings. The van der Waals surface area contributed by atoms with Gasteiger partial charge < -0.3 is 5.32 Å². The lowest BCUT2D eigenvalue weighted by Gasteiger charge is -2.21. The fraction of sp³-hybridized carbons (Fsp3) is 0.231. The van der Waals surface area contributed by atoms with Crippen LogP contribution in [-0.2, 0) is 9.84 Å². The number of anilines is 1. The van der Waals surface area contributed by atoms with Gasteiger partial charge in [0.25, 0.3) is 5.91 Å². The van der Waals surface area contributed by atoms with Crippen LogP contribution in [0.5, 0.6) is 0 Å². The Morgan fingerprint density at radius 2 is 1.38 bits per heavy atom. The number of para-hydroxylation sites is 1. The van der Waals surface area contributed by atoms with Gasteiger partial charge in [-0.2, -0.15) is 0 Å². The third-order valence-corrected chi connectivity index (χ3v) is 7.66. The maximum absolute atomic E-state index is 13.2. The molecule has 4 rings (SSSR count). The average molecular weight is 448 g/mol. The highest BCUT2D eigenvalue weighted by atomic mass is 32.2. The number of sulfone groups is 1. The molecule has 0 aliphatic carbocycles. The van der Waals surface area contributed by atoms with E-state index in [1.165, 1.54) is 30.3 Å². The van der Waals surface area contributed by atoms with Crippen molar-refractivity contribution in [1.29, 1.82) is 0 Å². The number of fused-ring (bicyclic) bond motifs is 2. The highest BCUT2D eigenvalue weighted by molar-refractivity contribution is 7.91. The smallest absolute Gasteiger partial charge is 0.255 e. The second-order valence-electron chi connectivity index (χ2n) is 8.61. The minimum absolute atomic E-state index is 0.0256. The van der Waals surface area contributed by atoms with Gasteiger partial charge in [-0.1, -0.05) is 58.0 Å². The highest BCUT2D eigenvalue weighted by Gasteiger charge is 2.35. The predicted molar refractivity (Wildman–Crippen MR) is 124 cm³/mol. The van der Waals surface area contributed by atoms with Crippen LogP contribution in [-0.4, -0.2) is 20.1 Å². The van der Waals surface area contributed by atoms with Crippen molar-refractivity contribution in [2.24, 2.45) is 0 Å². The van der Waals surface area contributed by atoms with Crippen LogP contribution in [0.1, 0.15) is 76.9 Å². The topological polar surface area (TPSA) is 80.3 Å². The van der Waals surface area contributed by atoms with Crippen molar-refractivity contribution < 1.29 is 18.0 Å². The van der Waals surface area contributed by atoms with E-state index in [1.807, 2.05) is 18.2 Å². The van der Waals surface area contributed by atoms with Crippen LogP contribution in [0.3, 0.4) is 0 Å². The lowest BCUT2D eigenvalue weighted by atomic mass is 9.92. The van der Waals surface area contributed by atoms with Crippen LogP contribution in [0, 0.1) is 0 Å². The monoisotopic (exact) mass is 447 g/mol. The van der Waals surface area contributed by atoms with E-state index in [0.29, 0.717) is 0 Å². The molecular weight excluding hydrogens is 422 g/mol. The van der Waals surface area contributed by atoms with E-state index in [4.69, 9.17) is 0 Å². The van der Waals surface area contributed by atoms with Gasteiger partial charge in [-0.25, -0.2) is 8.42 Å². The van der Waals surface area contributed by atoms with E-state index in [-0.39, 0.29) is 44.1 Å². The van der Waals surface area contributed by atoms with Gasteiger partial charge in [0.1, 0.15) is 0 Å². The van der Waals surface area contributed by atoms with E-state index in [1.54, 1.807) is 12.1 Å². The van der Waals surface area contributed by atoms with Crippen LogP contribution >= 0.6 is 0 Å². The number of hydrogen-bond donors (Lipinski definition) is 1. The molecule has 6 heteroatoms. The Balaban J connectivity index is 1.78. The number of ketones is 1. The van der Waals surface area contributed by atoms with E-state index < -0.39 is 15.7 Å². The molecule has 0 bridgehead atoms. The first-order valence-electron chi connectivity index (χ1n) is 10.6. The molecule has 164 valence electrons. The fourth-order valence-electron chi connectivity index (χ4n) is 4.11. The Kier molecular flexibility index (Phi) is 5.51. The molecule has 0 saturated carbocycles. The molecule has 1 amide bonds. The molecule has 0 unspecified atom stereocenters. The van der Waals surface area contributed by atoms with Gasteiger partial charge in [-0.15, -0.1) is 0 Å². The molecule has 1 N–H and O–H groups in total. The molecule has 0 radical (unpaired) electrons. The molecular formula is C26H25NO4S. The van der Waals surface area contributed by atoms with Gasteiger partial charge in [-0.3, -0.25) is 9.59 Å². The number of carbonyl (C=O) groups is 2. The second-order valence-corrected chi connectivity index (χ2v) is 10.5. The van der Waals surface area contributed by atoms with Crippen molar-refractivity contribution in [2.75, 3.05) is 5.32 Å². The largest absolute Gasteiger partial charge is 0.321 e. The van der Waals surface area contributed by atoms with E-state index in [9.17, 15) is 18.0 Å². The Morgan fingerprint density at radius 3 is 2.00 bits per heavy atom. The molecule has 1 aliphatic rings. The van der Waals surface area contributed by atoms with Crippen LogP contribution in [0.2, 0.25) is 0 Å². The van der Waals surface area contributed by atoms with Gasteiger partial charge in [-0.05, 0) is 53.3 Å². The molecule has 0 aromatic heterocycles. The minimum atomic E-state index is -3.91. The lowest BCUT2D eigenvalue weighted by Crippen LogP contribution is -2.22. The summed E-state index contributed by atoms with van der Waals surface area (Å²) in [6.07, 6.45) is 0. The average Bonchev–Trinajstić information content (AvgIpc) is 2.77. The molecule has 0 saturated heterocycles. The van der Waals surface area contributed by atoms with E-state index in [2.05, 4.69) is 33.0 Å². The summed E-state index contributed by atoms with van der Waals surface area (Å²) in [5.74, 6) is -0.377. The van der Waals surface area contributed by atoms with Gasteiger partial charge in [0.15, 0.2) is 5.78 Å². The summed E-state index contributed by atoms with van der Waals surface area (Å²) in [5, 5.41) is 3.00. The summed E-state index contributed by atoms with van der Waals surface area (Å²) in [5.41, 5.74) is 3.21. The molecule has 32 heavy (non-hydrogen) atoms. The maximum Gasteiger partial charge on any atom is 0.255 e. The SMILES string of the molecule is CC(C)c1cccc(C(C)C)c1NC(=O)c1ccc2c(c1)S(=O)(=O)c1ccccc1C2=O. The minimum Gasteiger partial charge on any atom is -0.321 e. The molecule has 5 nitrogen and oxygen atoms in total. The van der Waals surface area contributed by atoms with Crippen LogP contribution in [0.4, 0.5) is 5.69 Å². The zero-order valence-electron chi connectivity index (χ0n) is 18.5. The third-order valence-electron chi connectivity index (χ3n) is 5.81. The molecule has 1 aliphatic heterocycles. The second kappa shape index (κ2) is 8.02. The normalized spacial score (nSPS) is 14.2. The van der Waals surface area contributed by atoms with E-state index >= 15 is 0 Å². The molecule has 3 aromatic carbocycles. The molecule has 0 atom stereocenters. The first-order chi connectivity index (χ1) is 15.1. The van der Waals surface area contributed by atoms with Crippen molar-refractivity contribution in [1.82, 2.24) is 0 Å². The zero-order valence-corrected chi connectivity index (χ0v) is 19.3. The number of amides is 1. The van der Waals surface area contributed by atoms with Crippen molar-refractivity contribution in [3.05, 3.63) is 88.5 Å². The van der Waals surface area contributed by atoms with Crippen molar-refractivity contribution in [3.63, 3.8) is 0 Å². The predicted octanol–water partition coefficient (Wildman–Crippen LogP) is 5.56. The zero-order chi connectivity index (χ0) is 23.2. The first-order valence-corrected chi connectivity index (χ1v) is 12.1. The quantitative estimate of drug-likeness (QED) is 0.444. The Morgan fingerprint density at radius 1 is 0.781 bits per heavy atom. The number of rotatable bonds is 4. The summed E-state index contributed by atoms with van der Waals surface area (Å²) >= 11 is 0. The van der Waals surface area contributed by atoms with Crippen LogP contribution < -0.4 is 5.32 Å². The summed E-state index contributed by atoms with van der Waals surface area (Å²) in [6, 6.07) is 16.3.